The average Bonchev–Trinajstić information content (AvgIpc) is 3.11. The predicted molar refractivity (Wildman–Crippen MR) is 96.6 cm³/mol. The summed E-state index contributed by atoms with van der Waals surface area (Å²) in [6.07, 6.45) is 7.60. The summed E-state index contributed by atoms with van der Waals surface area (Å²) in [6.45, 7) is 2.87. The molecule has 1 aliphatic heterocycles. The van der Waals surface area contributed by atoms with Gasteiger partial charge < -0.3 is 15.0 Å². The zero-order valence-electron chi connectivity index (χ0n) is 14.5. The molecule has 2 aromatic rings. The van der Waals surface area contributed by atoms with E-state index in [1.165, 1.54) is 25.3 Å². The van der Waals surface area contributed by atoms with Gasteiger partial charge in [-0.3, -0.25) is 4.79 Å². The van der Waals surface area contributed by atoms with E-state index in [-0.39, 0.29) is 5.56 Å². The van der Waals surface area contributed by atoms with E-state index in [1.54, 1.807) is 6.20 Å². The first-order valence-electron chi connectivity index (χ1n) is 9.17. The van der Waals surface area contributed by atoms with E-state index in [9.17, 15) is 4.79 Å². The summed E-state index contributed by atoms with van der Waals surface area (Å²) in [5.41, 5.74) is 1.48. The smallest absolute Gasteiger partial charge is 0.251 e. The fourth-order valence-electron chi connectivity index (χ4n) is 3.99. The van der Waals surface area contributed by atoms with Crippen molar-refractivity contribution < 1.29 is 4.74 Å². The molecule has 0 aromatic carbocycles. The number of hydrogen-bond donors (Lipinski definition) is 2. The molecule has 132 valence electrons. The highest BCUT2D eigenvalue weighted by Gasteiger charge is 2.37. The highest BCUT2D eigenvalue weighted by molar-refractivity contribution is 5.56. The molecule has 1 saturated carbocycles. The van der Waals surface area contributed by atoms with Crippen LogP contribution < -0.4 is 10.9 Å². The molecule has 2 fully saturated rings. The topological polar surface area (TPSA) is 79.9 Å². The predicted octanol–water partition coefficient (Wildman–Crippen LogP) is 2.76. The maximum absolute atomic E-state index is 11.7. The summed E-state index contributed by atoms with van der Waals surface area (Å²) < 4.78 is 5.83. The van der Waals surface area contributed by atoms with Gasteiger partial charge in [0.15, 0.2) is 0 Å². The lowest BCUT2D eigenvalue weighted by Gasteiger charge is -2.33. The molecule has 2 aromatic heterocycles. The first kappa shape index (κ1) is 16.3. The van der Waals surface area contributed by atoms with Crippen molar-refractivity contribution in [3.8, 4) is 11.4 Å². The standard InChI is InChI=1S/C19H24N4O2/c1-2-13-10-18(24)23-19(21-13)12-6-7-17(20-11-12)22-15-4-3-5-16-14(15)8-9-25-16/h6-7,10-11,14-16H,2-5,8-9H2,1H3,(H,20,22)(H,21,23,24). The lowest BCUT2D eigenvalue weighted by molar-refractivity contribution is 0.0619. The number of fused-ring (bicyclic) bond motifs is 1. The number of hydrogen-bond acceptors (Lipinski definition) is 5. The summed E-state index contributed by atoms with van der Waals surface area (Å²) in [4.78, 5) is 23.5. The number of rotatable bonds is 4. The van der Waals surface area contributed by atoms with Gasteiger partial charge in [0.1, 0.15) is 11.6 Å². The van der Waals surface area contributed by atoms with Gasteiger partial charge in [-0.05, 0) is 44.2 Å². The van der Waals surface area contributed by atoms with Crippen LogP contribution in [0.25, 0.3) is 11.4 Å². The van der Waals surface area contributed by atoms with Crippen LogP contribution in [0, 0.1) is 5.92 Å². The van der Waals surface area contributed by atoms with Crippen LogP contribution in [-0.4, -0.2) is 33.7 Å². The zero-order valence-corrected chi connectivity index (χ0v) is 14.5. The van der Waals surface area contributed by atoms with Gasteiger partial charge in [-0.2, -0.15) is 0 Å². The maximum Gasteiger partial charge on any atom is 0.251 e. The normalized spacial score (nSPS) is 25.6. The molecule has 3 unspecified atom stereocenters. The second-order valence-electron chi connectivity index (χ2n) is 6.91. The van der Waals surface area contributed by atoms with Crippen molar-refractivity contribution in [1.29, 1.82) is 0 Å². The molecule has 4 rings (SSSR count). The molecule has 3 heterocycles. The Balaban J connectivity index is 1.50. The molecule has 1 saturated heterocycles. The summed E-state index contributed by atoms with van der Waals surface area (Å²) in [5.74, 6) is 2.04. The Morgan fingerprint density at radius 3 is 3.04 bits per heavy atom. The Bertz CT molecular complexity index is 787. The van der Waals surface area contributed by atoms with E-state index in [2.05, 4.69) is 20.3 Å². The van der Waals surface area contributed by atoms with E-state index >= 15 is 0 Å². The summed E-state index contributed by atoms with van der Waals surface area (Å²) >= 11 is 0. The molecule has 3 atom stereocenters. The number of nitrogens with zero attached hydrogens (tertiary/aromatic N) is 2. The van der Waals surface area contributed by atoms with E-state index < -0.39 is 0 Å². The second kappa shape index (κ2) is 6.96. The average molecular weight is 340 g/mol. The van der Waals surface area contributed by atoms with Gasteiger partial charge in [-0.15, -0.1) is 0 Å². The molecule has 2 N–H and O–H groups in total. The Labute approximate surface area is 147 Å². The first-order chi connectivity index (χ1) is 12.2. The van der Waals surface area contributed by atoms with Gasteiger partial charge in [0.05, 0.1) is 6.10 Å². The van der Waals surface area contributed by atoms with E-state index in [0.29, 0.717) is 23.9 Å². The minimum absolute atomic E-state index is 0.126. The number of pyridine rings is 1. The minimum atomic E-state index is -0.126. The molecule has 25 heavy (non-hydrogen) atoms. The number of ether oxygens (including phenoxy) is 1. The van der Waals surface area contributed by atoms with Crippen molar-refractivity contribution in [2.45, 2.75) is 51.2 Å². The van der Waals surface area contributed by atoms with Gasteiger partial charge in [0.25, 0.3) is 5.56 Å². The van der Waals surface area contributed by atoms with E-state index in [4.69, 9.17) is 4.74 Å². The van der Waals surface area contributed by atoms with Crippen LogP contribution in [0.5, 0.6) is 0 Å². The van der Waals surface area contributed by atoms with Crippen LogP contribution in [0.15, 0.2) is 29.2 Å². The van der Waals surface area contributed by atoms with Gasteiger partial charge in [0, 0.05) is 42.1 Å². The number of aromatic nitrogens is 3. The third-order valence-electron chi connectivity index (χ3n) is 5.31. The third-order valence-corrected chi connectivity index (χ3v) is 5.31. The number of anilines is 1. The van der Waals surface area contributed by atoms with Crippen LogP contribution in [0.4, 0.5) is 5.82 Å². The summed E-state index contributed by atoms with van der Waals surface area (Å²) in [5, 5.41) is 3.58. The van der Waals surface area contributed by atoms with Gasteiger partial charge >= 0.3 is 0 Å². The van der Waals surface area contributed by atoms with Gasteiger partial charge in [-0.25, -0.2) is 9.97 Å². The lowest BCUT2D eigenvalue weighted by Crippen LogP contribution is -2.38. The molecule has 0 spiro atoms. The molecule has 1 aliphatic carbocycles. The Kier molecular flexibility index (Phi) is 4.53. The van der Waals surface area contributed by atoms with E-state index in [0.717, 1.165) is 36.5 Å². The maximum atomic E-state index is 11.7. The second-order valence-corrected chi connectivity index (χ2v) is 6.91. The number of aromatic amines is 1. The summed E-state index contributed by atoms with van der Waals surface area (Å²) in [7, 11) is 0. The van der Waals surface area contributed by atoms with Gasteiger partial charge in [0.2, 0.25) is 0 Å². The van der Waals surface area contributed by atoms with Crippen LogP contribution in [0.1, 0.15) is 38.3 Å². The molecule has 6 nitrogen and oxygen atoms in total. The van der Waals surface area contributed by atoms with Crippen LogP contribution in [-0.2, 0) is 11.2 Å². The number of nitrogens with one attached hydrogen (secondary N) is 2. The highest BCUT2D eigenvalue weighted by Crippen LogP contribution is 2.35. The zero-order chi connectivity index (χ0) is 17.2. The third kappa shape index (κ3) is 3.44. The molecule has 2 aliphatic rings. The lowest BCUT2D eigenvalue weighted by atomic mass is 9.82. The quantitative estimate of drug-likeness (QED) is 0.894. The van der Waals surface area contributed by atoms with Crippen molar-refractivity contribution in [3.05, 3.63) is 40.4 Å². The summed E-state index contributed by atoms with van der Waals surface area (Å²) in [6, 6.07) is 5.89. The van der Waals surface area contributed by atoms with Crippen LogP contribution in [0.3, 0.4) is 0 Å². The van der Waals surface area contributed by atoms with Crippen molar-refractivity contribution >= 4 is 5.82 Å². The SMILES string of the molecule is CCc1cc(=O)[nH]c(-c2ccc(NC3CCCC4OCCC34)nc2)n1. The number of aryl methyl sites for hydroxylation is 1. The van der Waals surface area contributed by atoms with Gasteiger partial charge in [-0.1, -0.05) is 6.92 Å². The molecule has 0 amide bonds. The fourth-order valence-corrected chi connectivity index (χ4v) is 3.99. The minimum Gasteiger partial charge on any atom is -0.378 e. The van der Waals surface area contributed by atoms with Crippen LogP contribution in [0.2, 0.25) is 0 Å². The van der Waals surface area contributed by atoms with Crippen molar-refractivity contribution in [2.24, 2.45) is 5.92 Å². The molecule has 6 heteroatoms. The molecule has 0 radical (unpaired) electrons. The highest BCUT2D eigenvalue weighted by atomic mass is 16.5. The Morgan fingerprint density at radius 1 is 1.32 bits per heavy atom. The van der Waals surface area contributed by atoms with Crippen molar-refractivity contribution in [2.75, 3.05) is 11.9 Å². The fraction of sp³-hybridized carbons (Fsp3) is 0.526. The number of H-pyrrole nitrogens is 1. The van der Waals surface area contributed by atoms with E-state index in [1.807, 2.05) is 19.1 Å². The Morgan fingerprint density at radius 2 is 2.24 bits per heavy atom. The monoisotopic (exact) mass is 340 g/mol. The largest absolute Gasteiger partial charge is 0.378 e. The Hall–Kier alpha value is -2.21. The van der Waals surface area contributed by atoms with Crippen molar-refractivity contribution in [1.82, 2.24) is 15.0 Å². The molecular weight excluding hydrogens is 316 g/mol. The van der Waals surface area contributed by atoms with Crippen molar-refractivity contribution in [3.63, 3.8) is 0 Å². The van der Waals surface area contributed by atoms with Crippen LogP contribution >= 0.6 is 0 Å². The molecular formula is C19H24N4O2. The molecule has 0 bridgehead atoms. The first-order valence-corrected chi connectivity index (χ1v) is 9.17.